The van der Waals surface area contributed by atoms with Crippen LogP contribution in [0.4, 0.5) is 9.18 Å². The van der Waals surface area contributed by atoms with Crippen molar-refractivity contribution in [1.29, 1.82) is 0 Å². The number of pyridine rings is 1. The third-order valence-electron chi connectivity index (χ3n) is 2.77. The van der Waals surface area contributed by atoms with E-state index in [1.165, 1.54) is 11.0 Å². The summed E-state index contributed by atoms with van der Waals surface area (Å²) < 4.78 is 12.7. The summed E-state index contributed by atoms with van der Waals surface area (Å²) in [5.41, 5.74) is 6.48. The van der Waals surface area contributed by atoms with Gasteiger partial charge in [-0.2, -0.15) is 0 Å². The Morgan fingerprint density at radius 2 is 2.31 bits per heavy atom. The van der Waals surface area contributed by atoms with E-state index in [0.29, 0.717) is 18.8 Å². The molecule has 0 saturated carbocycles. The van der Waals surface area contributed by atoms with Crippen LogP contribution < -0.4 is 5.73 Å². The molecular formula is C10H12FN3O2. The summed E-state index contributed by atoms with van der Waals surface area (Å²) in [6, 6.07) is 2.57. The Morgan fingerprint density at radius 3 is 2.81 bits per heavy atom. The summed E-state index contributed by atoms with van der Waals surface area (Å²) in [4.78, 5) is 15.9. The van der Waals surface area contributed by atoms with Gasteiger partial charge in [0.25, 0.3) is 0 Å². The maximum atomic E-state index is 12.7. The number of aromatic nitrogens is 1. The first-order valence-corrected chi connectivity index (χ1v) is 4.93. The monoisotopic (exact) mass is 225 g/mol. The number of hydrogen-bond acceptors (Lipinski definition) is 3. The number of carboxylic acid groups (broad SMARTS) is 1. The second kappa shape index (κ2) is 4.05. The highest BCUT2D eigenvalue weighted by Crippen LogP contribution is 2.24. The van der Waals surface area contributed by atoms with Gasteiger partial charge < -0.3 is 15.7 Å². The van der Waals surface area contributed by atoms with E-state index in [1.54, 1.807) is 6.07 Å². The summed E-state index contributed by atoms with van der Waals surface area (Å²) in [5, 5.41) is 8.83. The zero-order valence-electron chi connectivity index (χ0n) is 8.51. The second-order valence-corrected chi connectivity index (χ2v) is 3.86. The smallest absolute Gasteiger partial charge is 0.407 e. The molecule has 3 N–H and O–H groups in total. The van der Waals surface area contributed by atoms with Crippen molar-refractivity contribution in [2.24, 2.45) is 5.73 Å². The van der Waals surface area contributed by atoms with Gasteiger partial charge in [0.1, 0.15) is 5.82 Å². The van der Waals surface area contributed by atoms with Crippen LogP contribution in [0.1, 0.15) is 11.6 Å². The highest BCUT2D eigenvalue weighted by Gasteiger charge is 2.34. The molecule has 1 aliphatic heterocycles. The molecule has 2 rings (SSSR count). The van der Waals surface area contributed by atoms with Gasteiger partial charge >= 0.3 is 6.09 Å². The number of likely N-dealkylation sites (tertiary alicyclic amines) is 1. The van der Waals surface area contributed by atoms with Crippen molar-refractivity contribution in [3.8, 4) is 0 Å². The molecule has 0 bridgehead atoms. The van der Waals surface area contributed by atoms with Crippen LogP contribution >= 0.6 is 0 Å². The molecule has 0 radical (unpaired) electrons. The van der Waals surface area contributed by atoms with Crippen molar-refractivity contribution in [2.75, 3.05) is 13.1 Å². The van der Waals surface area contributed by atoms with Crippen LogP contribution in [0, 0.1) is 5.82 Å². The van der Waals surface area contributed by atoms with Crippen LogP contribution in [0.15, 0.2) is 18.3 Å². The second-order valence-electron chi connectivity index (χ2n) is 3.86. The van der Waals surface area contributed by atoms with Gasteiger partial charge in [-0.25, -0.2) is 9.18 Å². The normalized spacial score (nSPS) is 24.8. The minimum Gasteiger partial charge on any atom is -0.465 e. The molecule has 5 nitrogen and oxygen atoms in total. The number of nitrogens with zero attached hydrogens (tertiary/aromatic N) is 2. The average Bonchev–Trinajstić information content (AvgIpc) is 2.62. The molecular weight excluding hydrogens is 213 g/mol. The number of carbonyl (C=O) groups is 1. The summed E-state index contributed by atoms with van der Waals surface area (Å²) in [5.74, 6) is -0.567. The van der Waals surface area contributed by atoms with Gasteiger partial charge in [0.2, 0.25) is 0 Å². The average molecular weight is 225 g/mol. The van der Waals surface area contributed by atoms with Crippen molar-refractivity contribution in [1.82, 2.24) is 9.88 Å². The van der Waals surface area contributed by atoms with Crippen LogP contribution in [-0.2, 0) is 0 Å². The summed E-state index contributed by atoms with van der Waals surface area (Å²) in [7, 11) is 0. The van der Waals surface area contributed by atoms with E-state index in [-0.39, 0.29) is 12.0 Å². The standard InChI is InChI=1S/C10H12FN3O2/c11-6-1-2-9(13-3-6)7-4-14(10(15)16)5-8(7)12/h1-3,7-8H,4-5,12H2,(H,15,16)/t7-,8-/m1/s1. The van der Waals surface area contributed by atoms with Gasteiger partial charge in [-0.15, -0.1) is 0 Å². The maximum absolute atomic E-state index is 12.7. The summed E-state index contributed by atoms with van der Waals surface area (Å²) in [6.45, 7) is 0.605. The first-order chi connectivity index (χ1) is 7.58. The molecule has 2 heterocycles. The number of rotatable bonds is 1. The highest BCUT2D eigenvalue weighted by molar-refractivity contribution is 5.65. The molecule has 0 spiro atoms. The van der Waals surface area contributed by atoms with Crippen LogP contribution in [0.3, 0.4) is 0 Å². The van der Waals surface area contributed by atoms with E-state index >= 15 is 0 Å². The molecule has 16 heavy (non-hydrogen) atoms. The number of nitrogens with two attached hydrogens (primary N) is 1. The first kappa shape index (κ1) is 10.8. The van der Waals surface area contributed by atoms with Gasteiger partial charge in [0, 0.05) is 30.7 Å². The van der Waals surface area contributed by atoms with E-state index in [0.717, 1.165) is 6.20 Å². The quantitative estimate of drug-likeness (QED) is 0.734. The fourth-order valence-electron chi connectivity index (χ4n) is 1.90. The number of amides is 1. The Bertz CT molecular complexity index is 396. The van der Waals surface area contributed by atoms with Crippen LogP contribution in [0.5, 0.6) is 0 Å². The van der Waals surface area contributed by atoms with Gasteiger partial charge in [0.15, 0.2) is 0 Å². The van der Waals surface area contributed by atoms with E-state index in [2.05, 4.69) is 4.98 Å². The van der Waals surface area contributed by atoms with E-state index in [1.807, 2.05) is 0 Å². The molecule has 6 heteroatoms. The zero-order valence-corrected chi connectivity index (χ0v) is 8.51. The minimum atomic E-state index is -0.986. The van der Waals surface area contributed by atoms with E-state index < -0.39 is 11.9 Å². The molecule has 1 aliphatic rings. The first-order valence-electron chi connectivity index (χ1n) is 4.93. The van der Waals surface area contributed by atoms with E-state index in [4.69, 9.17) is 10.8 Å². The Labute approximate surface area is 91.7 Å². The topological polar surface area (TPSA) is 79.5 Å². The zero-order chi connectivity index (χ0) is 11.7. The third-order valence-corrected chi connectivity index (χ3v) is 2.77. The third kappa shape index (κ3) is 1.96. The Hall–Kier alpha value is -1.69. The molecule has 1 amide bonds. The van der Waals surface area contributed by atoms with Gasteiger partial charge in [-0.05, 0) is 12.1 Å². The Kier molecular flexibility index (Phi) is 2.74. The number of hydrogen-bond donors (Lipinski definition) is 2. The molecule has 86 valence electrons. The van der Waals surface area contributed by atoms with Crippen molar-refractivity contribution in [3.63, 3.8) is 0 Å². The van der Waals surface area contributed by atoms with E-state index in [9.17, 15) is 9.18 Å². The predicted molar refractivity (Wildman–Crippen MR) is 54.5 cm³/mol. The molecule has 1 aromatic rings. The van der Waals surface area contributed by atoms with Crippen LogP contribution in [0.2, 0.25) is 0 Å². The molecule has 1 saturated heterocycles. The fourth-order valence-corrected chi connectivity index (χ4v) is 1.90. The lowest BCUT2D eigenvalue weighted by Gasteiger charge is -2.12. The summed E-state index contributed by atoms with van der Waals surface area (Å²) >= 11 is 0. The van der Waals surface area contributed by atoms with Gasteiger partial charge in [-0.1, -0.05) is 0 Å². The van der Waals surface area contributed by atoms with Crippen molar-refractivity contribution in [2.45, 2.75) is 12.0 Å². The van der Waals surface area contributed by atoms with Crippen LogP contribution in [-0.4, -0.2) is 40.2 Å². The van der Waals surface area contributed by atoms with Gasteiger partial charge in [0.05, 0.1) is 6.20 Å². The lowest BCUT2D eigenvalue weighted by atomic mass is 10.00. The summed E-state index contributed by atoms with van der Waals surface area (Å²) in [6.07, 6.45) is 0.130. The number of halogens is 1. The molecule has 1 aromatic heterocycles. The SMILES string of the molecule is N[C@@H]1CN(C(=O)O)C[C@H]1c1ccc(F)cn1. The minimum absolute atomic E-state index is 0.156. The predicted octanol–water partition coefficient (Wildman–Crippen LogP) is 0.625. The molecule has 0 aromatic carbocycles. The molecule has 2 atom stereocenters. The van der Waals surface area contributed by atoms with Gasteiger partial charge in [-0.3, -0.25) is 4.98 Å². The van der Waals surface area contributed by atoms with Crippen LogP contribution in [0.25, 0.3) is 0 Å². The molecule has 0 unspecified atom stereocenters. The molecule has 1 fully saturated rings. The van der Waals surface area contributed by atoms with Crippen molar-refractivity contribution in [3.05, 3.63) is 29.8 Å². The largest absolute Gasteiger partial charge is 0.465 e. The fraction of sp³-hybridized carbons (Fsp3) is 0.400. The lowest BCUT2D eigenvalue weighted by Crippen LogP contribution is -2.31. The van der Waals surface area contributed by atoms with Crippen molar-refractivity contribution < 1.29 is 14.3 Å². The molecule has 0 aliphatic carbocycles. The van der Waals surface area contributed by atoms with Crippen molar-refractivity contribution >= 4 is 6.09 Å². The Balaban J connectivity index is 2.16. The Morgan fingerprint density at radius 1 is 1.56 bits per heavy atom. The maximum Gasteiger partial charge on any atom is 0.407 e. The highest BCUT2D eigenvalue weighted by atomic mass is 19.1. The lowest BCUT2D eigenvalue weighted by molar-refractivity contribution is 0.154.